The molecule has 1 atom stereocenters. The van der Waals surface area contributed by atoms with Crippen LogP contribution in [0.1, 0.15) is 55.2 Å². The van der Waals surface area contributed by atoms with Crippen molar-refractivity contribution in [1.82, 2.24) is 24.3 Å². The lowest BCUT2D eigenvalue weighted by atomic mass is 10.1. The van der Waals surface area contributed by atoms with Crippen molar-refractivity contribution in [2.75, 3.05) is 37.0 Å². The lowest BCUT2D eigenvalue weighted by Crippen LogP contribution is -2.21. The molecule has 2 N–H and O–H groups in total. The van der Waals surface area contributed by atoms with Crippen molar-refractivity contribution in [3.05, 3.63) is 77.7 Å². The van der Waals surface area contributed by atoms with E-state index in [1.807, 2.05) is 44.4 Å². The Bertz CT molecular complexity index is 1330. The Morgan fingerprint density at radius 3 is 2.46 bits per heavy atom. The summed E-state index contributed by atoms with van der Waals surface area (Å²) in [4.78, 5) is 26.9. The van der Waals surface area contributed by atoms with Gasteiger partial charge >= 0.3 is 0 Å². The van der Waals surface area contributed by atoms with Crippen molar-refractivity contribution in [3.8, 4) is 0 Å². The first kappa shape index (κ1) is 28.4. The Kier molecular flexibility index (Phi) is 10.2. The molecule has 1 saturated heterocycles. The van der Waals surface area contributed by atoms with Crippen LogP contribution in [-0.4, -0.2) is 63.0 Å². The van der Waals surface area contributed by atoms with Crippen LogP contribution in [0.25, 0.3) is 5.65 Å². The molecular formula is C29H36ClN7O2. The van der Waals surface area contributed by atoms with E-state index in [0.717, 1.165) is 53.4 Å². The summed E-state index contributed by atoms with van der Waals surface area (Å²) in [6.45, 7) is 4.11. The quantitative estimate of drug-likeness (QED) is 0.359. The molecule has 0 bridgehead atoms. The van der Waals surface area contributed by atoms with Crippen molar-refractivity contribution in [2.24, 2.45) is 5.92 Å². The predicted molar refractivity (Wildman–Crippen MR) is 154 cm³/mol. The van der Waals surface area contributed by atoms with Crippen molar-refractivity contribution in [2.45, 2.75) is 43.9 Å². The molecule has 2 aliphatic carbocycles. The molecule has 0 aromatic carbocycles. The summed E-state index contributed by atoms with van der Waals surface area (Å²) in [6.07, 6.45) is 15.7. The standard InChI is InChI=1S/C10H16N4O.C10H10N2.C8H8ClN.CH2O/c1-11-9-4-10(13-7-12-9)14-3-2-8(5-14)6-15;1-2-8(1)9-3-4-10-11-5-6-12(10)7-9;9-7-3-4-10-8(5-7)6-1-2-6;1-2/h4,7-8,15H,2-3,5-6H2,1H3,(H,11,12,13);3-8H,1-2H2;3-6H,1-2H2;1H2. The highest BCUT2D eigenvalue weighted by Gasteiger charge is 2.25. The fourth-order valence-electron chi connectivity index (χ4n) is 4.47. The summed E-state index contributed by atoms with van der Waals surface area (Å²) in [7, 11) is 1.84. The van der Waals surface area contributed by atoms with Gasteiger partial charge in [0.15, 0.2) is 0 Å². The second-order valence-electron chi connectivity index (χ2n) is 9.90. The van der Waals surface area contributed by atoms with Crippen LogP contribution in [0.3, 0.4) is 0 Å². The van der Waals surface area contributed by atoms with Crippen LogP contribution in [0.4, 0.5) is 11.6 Å². The van der Waals surface area contributed by atoms with Gasteiger partial charge in [-0.25, -0.2) is 15.0 Å². The highest BCUT2D eigenvalue weighted by Crippen LogP contribution is 2.40. The lowest BCUT2D eigenvalue weighted by molar-refractivity contribution is -0.0980. The maximum absolute atomic E-state index is 9.06. The molecule has 0 radical (unpaired) electrons. The maximum Gasteiger partial charge on any atom is 0.136 e. The topological polar surface area (TPSA) is 109 Å². The molecule has 1 aliphatic heterocycles. The molecule has 2 saturated carbocycles. The van der Waals surface area contributed by atoms with E-state index in [1.54, 1.807) is 12.5 Å². The van der Waals surface area contributed by atoms with Crippen LogP contribution >= 0.6 is 11.6 Å². The minimum atomic E-state index is 0.264. The number of aliphatic hydroxyl groups is 1. The minimum Gasteiger partial charge on any atom is -0.396 e. The summed E-state index contributed by atoms with van der Waals surface area (Å²) < 4.78 is 2.09. The Balaban J connectivity index is 0.000000134. The van der Waals surface area contributed by atoms with E-state index in [4.69, 9.17) is 21.5 Å². The van der Waals surface area contributed by atoms with Crippen LogP contribution in [-0.2, 0) is 4.79 Å². The van der Waals surface area contributed by atoms with Gasteiger partial charge in [0.2, 0.25) is 0 Å². The van der Waals surface area contributed by atoms with Crippen LogP contribution in [0.15, 0.2) is 61.4 Å². The monoisotopic (exact) mass is 549 g/mol. The summed E-state index contributed by atoms with van der Waals surface area (Å²) in [6, 6.07) is 9.99. The first-order valence-electron chi connectivity index (χ1n) is 13.3. The van der Waals surface area contributed by atoms with Gasteiger partial charge in [0.1, 0.15) is 30.4 Å². The minimum absolute atomic E-state index is 0.264. The van der Waals surface area contributed by atoms with Crippen LogP contribution in [0.2, 0.25) is 5.02 Å². The van der Waals surface area contributed by atoms with E-state index in [1.165, 1.54) is 31.2 Å². The van der Waals surface area contributed by atoms with Gasteiger partial charge in [-0.1, -0.05) is 17.7 Å². The van der Waals surface area contributed by atoms with Gasteiger partial charge in [0.25, 0.3) is 0 Å². The number of carbonyl (C=O) groups excluding carboxylic acids is 1. The second kappa shape index (κ2) is 14.0. The second-order valence-corrected chi connectivity index (χ2v) is 10.3. The zero-order valence-electron chi connectivity index (χ0n) is 22.3. The van der Waals surface area contributed by atoms with Crippen molar-refractivity contribution in [3.63, 3.8) is 0 Å². The van der Waals surface area contributed by atoms with Gasteiger partial charge in [-0.15, -0.1) is 0 Å². The Hall–Kier alpha value is -3.56. The van der Waals surface area contributed by atoms with E-state index in [0.29, 0.717) is 11.8 Å². The highest BCUT2D eigenvalue weighted by molar-refractivity contribution is 6.30. The van der Waals surface area contributed by atoms with Crippen molar-refractivity contribution < 1.29 is 9.90 Å². The molecule has 10 heteroatoms. The van der Waals surface area contributed by atoms with Gasteiger partial charge in [0, 0.05) is 80.2 Å². The summed E-state index contributed by atoms with van der Waals surface area (Å²) >= 11 is 5.78. The molecule has 0 spiro atoms. The van der Waals surface area contributed by atoms with E-state index in [2.05, 4.69) is 52.9 Å². The molecule has 3 fully saturated rings. The van der Waals surface area contributed by atoms with Crippen LogP contribution in [0, 0.1) is 5.92 Å². The lowest BCUT2D eigenvalue weighted by Gasteiger charge is -2.17. The van der Waals surface area contributed by atoms with Gasteiger partial charge in [-0.3, -0.25) is 4.98 Å². The molecule has 7 rings (SSSR count). The van der Waals surface area contributed by atoms with E-state index in [9.17, 15) is 0 Å². The Morgan fingerprint density at radius 1 is 1.00 bits per heavy atom. The number of rotatable bonds is 5. The number of nitrogens with zero attached hydrogens (tertiary/aromatic N) is 6. The molecule has 39 heavy (non-hydrogen) atoms. The number of fused-ring (bicyclic) bond motifs is 1. The van der Waals surface area contributed by atoms with Crippen molar-refractivity contribution in [1.29, 1.82) is 0 Å². The number of pyridine rings is 2. The number of hydrogen-bond acceptors (Lipinski definition) is 8. The number of aromatic nitrogens is 5. The summed E-state index contributed by atoms with van der Waals surface area (Å²) in [5, 5.41) is 12.9. The number of carbonyl (C=O) groups is 1. The number of aliphatic hydroxyl groups excluding tert-OH is 1. The highest BCUT2D eigenvalue weighted by atomic mass is 35.5. The summed E-state index contributed by atoms with van der Waals surface area (Å²) in [5.74, 6) is 3.69. The third-order valence-corrected chi connectivity index (χ3v) is 7.21. The zero-order chi connectivity index (χ0) is 27.6. The largest absolute Gasteiger partial charge is 0.396 e. The predicted octanol–water partition coefficient (Wildman–Crippen LogP) is 4.98. The average molecular weight is 550 g/mol. The first-order chi connectivity index (χ1) is 19.1. The van der Waals surface area contributed by atoms with Gasteiger partial charge in [-0.05, 0) is 61.8 Å². The molecule has 0 amide bonds. The van der Waals surface area contributed by atoms with Gasteiger partial charge in [-0.2, -0.15) is 0 Å². The molecule has 206 valence electrons. The number of anilines is 2. The molecule has 4 aromatic heterocycles. The number of hydrogen-bond donors (Lipinski definition) is 2. The van der Waals surface area contributed by atoms with E-state index in [-0.39, 0.29) is 6.61 Å². The molecule has 9 nitrogen and oxygen atoms in total. The molecule has 3 aliphatic rings. The SMILES string of the molecule is C=O.CNc1cc(N2CCC(CO)C2)ncn1.Clc1ccnc(C2CC2)c1.c1cn2cc(C3CC3)ccc2n1. The third kappa shape index (κ3) is 8.21. The van der Waals surface area contributed by atoms with Gasteiger partial charge in [0.05, 0.1) is 0 Å². The van der Waals surface area contributed by atoms with E-state index < -0.39 is 0 Å². The summed E-state index contributed by atoms with van der Waals surface area (Å²) in [5.41, 5.74) is 3.66. The fourth-order valence-corrected chi connectivity index (χ4v) is 4.63. The third-order valence-electron chi connectivity index (χ3n) is 6.98. The average Bonchev–Trinajstić information content (AvgIpc) is 3.92. The van der Waals surface area contributed by atoms with Crippen LogP contribution in [0.5, 0.6) is 0 Å². The molecule has 5 heterocycles. The number of halogens is 1. The first-order valence-corrected chi connectivity index (χ1v) is 13.7. The van der Waals surface area contributed by atoms with Gasteiger partial charge < -0.3 is 24.5 Å². The van der Waals surface area contributed by atoms with Crippen LogP contribution < -0.4 is 10.2 Å². The number of nitrogens with one attached hydrogen (secondary N) is 1. The Morgan fingerprint density at radius 2 is 1.79 bits per heavy atom. The normalized spacial score (nSPS) is 17.7. The smallest absolute Gasteiger partial charge is 0.136 e. The Labute approximate surface area is 234 Å². The molecule has 1 unspecified atom stereocenters. The maximum atomic E-state index is 9.06. The van der Waals surface area contributed by atoms with Crippen molar-refractivity contribution >= 4 is 35.7 Å². The zero-order valence-corrected chi connectivity index (χ0v) is 23.0. The number of imidazole rings is 1. The van der Waals surface area contributed by atoms with E-state index >= 15 is 0 Å². The fraction of sp³-hybridized carbons (Fsp3) is 0.414. The molecular weight excluding hydrogens is 514 g/mol. The molecule has 4 aromatic rings.